The molecular weight excluding hydrogens is 300 g/mol. The van der Waals surface area contributed by atoms with Gasteiger partial charge in [-0.1, -0.05) is 24.3 Å². The minimum Gasteiger partial charge on any atom is -0.359 e. The summed E-state index contributed by atoms with van der Waals surface area (Å²) in [6.07, 6.45) is 3.62. The highest BCUT2D eigenvalue weighted by atomic mass is 16.6. The summed E-state index contributed by atoms with van der Waals surface area (Å²) < 4.78 is 5.90. The van der Waals surface area contributed by atoms with Gasteiger partial charge in [0.15, 0.2) is 0 Å². The number of carbonyl (C=O) groups excluding carboxylic acids is 2. The summed E-state index contributed by atoms with van der Waals surface area (Å²) in [7, 11) is 0. The zero-order valence-corrected chi connectivity index (χ0v) is 12.6. The molecule has 7 heteroatoms. The van der Waals surface area contributed by atoms with Crippen LogP contribution in [0.3, 0.4) is 0 Å². The number of anilines is 1. The van der Waals surface area contributed by atoms with Gasteiger partial charge in [-0.05, 0) is 19.9 Å². The van der Waals surface area contributed by atoms with Crippen molar-refractivity contribution in [1.29, 1.82) is 0 Å². The molecule has 2 amide bonds. The number of rotatable bonds is 2. The second-order valence-corrected chi connectivity index (χ2v) is 6.52. The van der Waals surface area contributed by atoms with Gasteiger partial charge in [0, 0.05) is 6.07 Å². The lowest BCUT2D eigenvalue weighted by Crippen LogP contribution is -2.39. The van der Waals surface area contributed by atoms with Crippen LogP contribution in [0.5, 0.6) is 0 Å². The average Bonchev–Trinajstić information content (AvgIpc) is 3.04. The molecule has 2 bridgehead atoms. The zero-order valence-electron chi connectivity index (χ0n) is 12.6. The van der Waals surface area contributed by atoms with Crippen molar-refractivity contribution < 1.29 is 19.2 Å². The fourth-order valence-corrected chi connectivity index (χ4v) is 4.08. The Labute approximate surface area is 131 Å². The van der Waals surface area contributed by atoms with Gasteiger partial charge in [-0.15, -0.1) is 0 Å². The van der Waals surface area contributed by atoms with Crippen molar-refractivity contribution in [2.75, 3.05) is 4.90 Å². The first kappa shape index (κ1) is 14.1. The molecular formula is C16H14N2O5. The largest absolute Gasteiger partial charge is 0.359 e. The Bertz CT molecular complexity index is 767. The molecule has 0 radical (unpaired) electrons. The Kier molecular flexibility index (Phi) is 2.48. The number of imide groups is 1. The minimum absolute atomic E-state index is 0.0218. The summed E-state index contributed by atoms with van der Waals surface area (Å²) in [5, 5.41) is 11.2. The molecule has 0 N–H and O–H groups in total. The smallest absolute Gasteiger partial charge is 0.293 e. The van der Waals surface area contributed by atoms with E-state index in [4.69, 9.17) is 4.74 Å². The topological polar surface area (TPSA) is 89.8 Å². The SMILES string of the molecule is C[C@@]12C=C[C@](C)(O1)[C@H]1C(=O)N(c3ccccc3[N+](=O)[O-])C(=O)[C@H]12. The molecule has 23 heavy (non-hydrogen) atoms. The highest BCUT2D eigenvalue weighted by molar-refractivity contribution is 6.24. The van der Waals surface area contributed by atoms with Gasteiger partial charge < -0.3 is 4.74 Å². The van der Waals surface area contributed by atoms with Gasteiger partial charge in [-0.3, -0.25) is 19.7 Å². The molecule has 118 valence electrons. The first-order valence-corrected chi connectivity index (χ1v) is 7.30. The first-order chi connectivity index (χ1) is 10.8. The maximum absolute atomic E-state index is 12.9. The molecule has 2 saturated heterocycles. The lowest BCUT2D eigenvalue weighted by molar-refractivity contribution is -0.384. The van der Waals surface area contributed by atoms with Gasteiger partial charge in [0.1, 0.15) is 5.69 Å². The van der Waals surface area contributed by atoms with Crippen LogP contribution in [-0.4, -0.2) is 27.9 Å². The van der Waals surface area contributed by atoms with E-state index in [-0.39, 0.29) is 11.4 Å². The van der Waals surface area contributed by atoms with Gasteiger partial charge in [0.2, 0.25) is 11.8 Å². The highest BCUT2D eigenvalue weighted by Crippen LogP contribution is 2.57. The quantitative estimate of drug-likeness (QED) is 0.359. The lowest BCUT2D eigenvalue weighted by atomic mass is 9.73. The summed E-state index contributed by atoms with van der Waals surface area (Å²) >= 11 is 0. The number of hydrogen-bond donors (Lipinski definition) is 0. The first-order valence-electron chi connectivity index (χ1n) is 7.30. The Morgan fingerprint density at radius 3 is 2.13 bits per heavy atom. The van der Waals surface area contributed by atoms with Crippen molar-refractivity contribution in [3.05, 3.63) is 46.5 Å². The second kappa shape index (κ2) is 4.05. The number of carbonyl (C=O) groups is 2. The molecule has 4 atom stereocenters. The second-order valence-electron chi connectivity index (χ2n) is 6.52. The van der Waals surface area contributed by atoms with Crippen LogP contribution in [0, 0.1) is 22.0 Å². The number of para-hydroxylation sites is 2. The van der Waals surface area contributed by atoms with E-state index in [0.717, 1.165) is 4.90 Å². The molecule has 0 aliphatic carbocycles. The van der Waals surface area contributed by atoms with Gasteiger partial charge in [-0.25, -0.2) is 4.90 Å². The number of nitro groups is 1. The molecule has 1 aromatic rings. The van der Waals surface area contributed by atoms with Gasteiger partial charge in [0.05, 0.1) is 28.0 Å². The Morgan fingerprint density at radius 2 is 1.61 bits per heavy atom. The number of benzene rings is 1. The predicted molar refractivity (Wildman–Crippen MR) is 79.6 cm³/mol. The van der Waals surface area contributed by atoms with E-state index in [0.29, 0.717) is 0 Å². The van der Waals surface area contributed by atoms with Gasteiger partial charge >= 0.3 is 0 Å². The molecule has 3 aliphatic heterocycles. The fraction of sp³-hybridized carbons (Fsp3) is 0.375. The molecule has 0 spiro atoms. The molecule has 7 nitrogen and oxygen atoms in total. The molecule has 1 aromatic carbocycles. The summed E-state index contributed by atoms with van der Waals surface area (Å²) in [6, 6.07) is 5.79. The highest BCUT2D eigenvalue weighted by Gasteiger charge is 2.70. The molecule has 4 rings (SSSR count). The average molecular weight is 314 g/mol. The predicted octanol–water partition coefficient (Wildman–Crippen LogP) is 1.82. The van der Waals surface area contributed by atoms with Crippen molar-refractivity contribution in [3.8, 4) is 0 Å². The molecule has 0 aromatic heterocycles. The van der Waals surface area contributed by atoms with Gasteiger partial charge in [-0.2, -0.15) is 0 Å². The van der Waals surface area contributed by atoms with E-state index < -0.39 is 39.8 Å². The van der Waals surface area contributed by atoms with Crippen molar-refractivity contribution >= 4 is 23.2 Å². The third-order valence-corrected chi connectivity index (χ3v) is 5.05. The van der Waals surface area contributed by atoms with Crippen LogP contribution in [0.4, 0.5) is 11.4 Å². The molecule has 0 unspecified atom stereocenters. The Balaban J connectivity index is 1.85. The van der Waals surface area contributed by atoms with Crippen LogP contribution < -0.4 is 4.90 Å². The Morgan fingerprint density at radius 1 is 1.09 bits per heavy atom. The van der Waals surface area contributed by atoms with E-state index in [1.807, 2.05) is 12.2 Å². The standard InChI is InChI=1S/C16H14N2O5/c1-15-7-8-16(2,23-15)12-11(15)13(19)17(14(12)20)9-5-3-4-6-10(9)18(21)22/h3-8,11-12H,1-2H3/t11-,12+,15-,16-/m0/s1. The van der Waals surface area contributed by atoms with E-state index in [1.165, 1.54) is 18.2 Å². The summed E-state index contributed by atoms with van der Waals surface area (Å²) in [5.74, 6) is -2.18. The molecule has 3 heterocycles. The van der Waals surface area contributed by atoms with Crippen LogP contribution in [0.15, 0.2) is 36.4 Å². The third-order valence-electron chi connectivity index (χ3n) is 5.05. The van der Waals surface area contributed by atoms with Crippen molar-refractivity contribution in [2.24, 2.45) is 11.8 Å². The van der Waals surface area contributed by atoms with Crippen molar-refractivity contribution in [1.82, 2.24) is 0 Å². The van der Waals surface area contributed by atoms with Crippen LogP contribution in [-0.2, 0) is 14.3 Å². The van der Waals surface area contributed by atoms with E-state index >= 15 is 0 Å². The maximum Gasteiger partial charge on any atom is 0.293 e. The lowest BCUT2D eigenvalue weighted by Gasteiger charge is -2.25. The van der Waals surface area contributed by atoms with Gasteiger partial charge in [0.25, 0.3) is 5.69 Å². The van der Waals surface area contributed by atoms with E-state index in [9.17, 15) is 19.7 Å². The maximum atomic E-state index is 12.9. The number of nitrogens with zero attached hydrogens (tertiary/aromatic N) is 2. The summed E-state index contributed by atoms with van der Waals surface area (Å²) in [6.45, 7) is 3.54. The van der Waals surface area contributed by atoms with Crippen LogP contribution in [0.2, 0.25) is 0 Å². The number of ether oxygens (including phenoxy) is 1. The Hall–Kier alpha value is -2.54. The number of fused-ring (bicyclic) bond motifs is 5. The minimum atomic E-state index is -0.843. The number of hydrogen-bond acceptors (Lipinski definition) is 5. The normalized spacial score (nSPS) is 37.6. The third kappa shape index (κ3) is 1.57. The number of nitro benzene ring substituents is 1. The molecule has 2 fully saturated rings. The van der Waals surface area contributed by atoms with E-state index in [2.05, 4.69) is 0 Å². The fourth-order valence-electron chi connectivity index (χ4n) is 4.08. The monoisotopic (exact) mass is 314 g/mol. The molecule has 3 aliphatic rings. The zero-order chi connectivity index (χ0) is 16.6. The van der Waals surface area contributed by atoms with Crippen LogP contribution >= 0.6 is 0 Å². The number of amides is 2. The van der Waals surface area contributed by atoms with Crippen molar-refractivity contribution in [2.45, 2.75) is 25.0 Å². The summed E-state index contributed by atoms with van der Waals surface area (Å²) in [5.41, 5.74) is -1.92. The van der Waals surface area contributed by atoms with Crippen LogP contribution in [0.25, 0.3) is 0 Å². The van der Waals surface area contributed by atoms with Crippen molar-refractivity contribution in [3.63, 3.8) is 0 Å². The molecule has 0 saturated carbocycles. The van der Waals surface area contributed by atoms with E-state index in [1.54, 1.807) is 19.9 Å². The van der Waals surface area contributed by atoms with Crippen LogP contribution in [0.1, 0.15) is 13.8 Å². The summed E-state index contributed by atoms with van der Waals surface area (Å²) in [4.78, 5) is 37.4.